The van der Waals surface area contributed by atoms with Gasteiger partial charge in [0.25, 0.3) is 0 Å². The minimum absolute atomic E-state index is 0.946. The molecule has 0 unspecified atom stereocenters. The first kappa shape index (κ1) is 13.3. The van der Waals surface area contributed by atoms with E-state index in [4.69, 9.17) is 4.74 Å². The first-order chi connectivity index (χ1) is 9.69. The van der Waals surface area contributed by atoms with E-state index in [1.54, 1.807) is 7.11 Å². The highest BCUT2D eigenvalue weighted by Crippen LogP contribution is 2.32. The van der Waals surface area contributed by atoms with Crippen LogP contribution in [0.2, 0.25) is 0 Å². The molecule has 106 valence electrons. The maximum atomic E-state index is 5.61. The lowest BCUT2D eigenvalue weighted by molar-refractivity contribution is 0.281. The summed E-state index contributed by atoms with van der Waals surface area (Å²) in [6.07, 6.45) is 5.52. The number of H-pyrrole nitrogens is 1. The number of aryl methyl sites for hydroxylation is 1. The van der Waals surface area contributed by atoms with Crippen molar-refractivity contribution in [3.8, 4) is 5.75 Å². The van der Waals surface area contributed by atoms with Gasteiger partial charge in [0.15, 0.2) is 0 Å². The highest BCUT2D eigenvalue weighted by atomic mass is 16.5. The molecule has 0 saturated heterocycles. The Morgan fingerprint density at radius 1 is 1.35 bits per heavy atom. The van der Waals surface area contributed by atoms with Gasteiger partial charge in [-0.3, -0.25) is 4.90 Å². The van der Waals surface area contributed by atoms with Crippen molar-refractivity contribution in [2.75, 3.05) is 20.2 Å². The highest BCUT2D eigenvalue weighted by Gasteiger charge is 2.16. The molecule has 0 bridgehead atoms. The summed E-state index contributed by atoms with van der Waals surface area (Å²) in [5.41, 5.74) is 5.26. The lowest BCUT2D eigenvalue weighted by atomic mass is 10.0. The first-order valence-corrected chi connectivity index (χ1v) is 7.20. The molecular weight excluding hydrogens is 248 g/mol. The van der Waals surface area contributed by atoms with Gasteiger partial charge in [0, 0.05) is 42.3 Å². The van der Waals surface area contributed by atoms with Gasteiger partial charge in [0.05, 0.1) is 7.11 Å². The second-order valence-electron chi connectivity index (χ2n) is 5.68. The Hall–Kier alpha value is -1.74. The van der Waals surface area contributed by atoms with E-state index in [0.29, 0.717) is 0 Å². The largest absolute Gasteiger partial charge is 0.496 e. The molecule has 0 saturated carbocycles. The van der Waals surface area contributed by atoms with Crippen molar-refractivity contribution < 1.29 is 4.74 Å². The van der Waals surface area contributed by atoms with Crippen molar-refractivity contribution in [3.63, 3.8) is 0 Å². The number of methoxy groups -OCH3 is 1. The molecule has 2 aromatic rings. The molecular formula is C17H22N2O. The number of hydrogen-bond donors (Lipinski definition) is 1. The molecule has 0 atom stereocenters. The van der Waals surface area contributed by atoms with Crippen molar-refractivity contribution in [1.29, 1.82) is 0 Å². The Balaban J connectivity index is 1.97. The third-order valence-corrected chi connectivity index (χ3v) is 4.23. The molecule has 3 nitrogen and oxygen atoms in total. The number of aromatic amines is 1. The second kappa shape index (κ2) is 5.33. The van der Waals surface area contributed by atoms with Crippen molar-refractivity contribution in [1.82, 2.24) is 9.88 Å². The van der Waals surface area contributed by atoms with Crippen molar-refractivity contribution in [3.05, 3.63) is 41.1 Å². The molecule has 1 aromatic carbocycles. The van der Waals surface area contributed by atoms with Gasteiger partial charge in [-0.2, -0.15) is 0 Å². The lowest BCUT2D eigenvalue weighted by Crippen LogP contribution is -2.28. The lowest BCUT2D eigenvalue weighted by Gasteiger charge is -2.26. The van der Waals surface area contributed by atoms with Crippen LogP contribution in [0.1, 0.15) is 24.5 Å². The summed E-state index contributed by atoms with van der Waals surface area (Å²) < 4.78 is 5.61. The smallest absolute Gasteiger partial charge is 0.124 e. The average molecular weight is 270 g/mol. The molecule has 1 aromatic heterocycles. The molecule has 1 N–H and O–H groups in total. The number of rotatable bonds is 3. The van der Waals surface area contributed by atoms with Gasteiger partial charge in [-0.1, -0.05) is 11.6 Å². The topological polar surface area (TPSA) is 28.3 Å². The Morgan fingerprint density at radius 2 is 2.20 bits per heavy atom. The zero-order valence-electron chi connectivity index (χ0n) is 12.5. The predicted octanol–water partition coefficient (Wildman–Crippen LogP) is 3.64. The maximum Gasteiger partial charge on any atom is 0.124 e. The van der Waals surface area contributed by atoms with Crippen LogP contribution in [0.3, 0.4) is 0 Å². The van der Waals surface area contributed by atoms with Crippen molar-refractivity contribution >= 4 is 10.9 Å². The Morgan fingerprint density at radius 3 is 2.90 bits per heavy atom. The van der Waals surface area contributed by atoms with E-state index in [-0.39, 0.29) is 0 Å². The van der Waals surface area contributed by atoms with E-state index in [1.807, 2.05) is 6.20 Å². The number of nitrogens with one attached hydrogen (secondary N) is 1. The molecule has 0 radical (unpaired) electrons. The van der Waals surface area contributed by atoms with Gasteiger partial charge in [-0.15, -0.1) is 0 Å². The van der Waals surface area contributed by atoms with Crippen LogP contribution in [0.4, 0.5) is 0 Å². The summed E-state index contributed by atoms with van der Waals surface area (Å²) in [6.45, 7) is 7.45. The Bertz CT molecular complexity index is 654. The fraction of sp³-hybridized carbons (Fsp3) is 0.412. The second-order valence-corrected chi connectivity index (χ2v) is 5.68. The molecule has 2 heterocycles. The summed E-state index contributed by atoms with van der Waals surface area (Å²) >= 11 is 0. The number of benzene rings is 1. The fourth-order valence-corrected chi connectivity index (χ4v) is 2.96. The van der Waals surface area contributed by atoms with Crippen molar-refractivity contribution in [2.45, 2.75) is 26.8 Å². The molecule has 0 fully saturated rings. The predicted molar refractivity (Wildman–Crippen MR) is 83.2 cm³/mol. The van der Waals surface area contributed by atoms with Crippen LogP contribution in [0.15, 0.2) is 30.0 Å². The van der Waals surface area contributed by atoms with Crippen LogP contribution >= 0.6 is 0 Å². The van der Waals surface area contributed by atoms with E-state index in [0.717, 1.165) is 25.4 Å². The molecule has 3 rings (SSSR count). The molecule has 3 heteroatoms. The van der Waals surface area contributed by atoms with E-state index in [2.05, 4.69) is 41.9 Å². The first-order valence-electron chi connectivity index (χ1n) is 7.20. The third kappa shape index (κ3) is 2.34. The van der Waals surface area contributed by atoms with E-state index in [1.165, 1.54) is 34.0 Å². The zero-order chi connectivity index (χ0) is 14.1. The molecule has 20 heavy (non-hydrogen) atoms. The fourth-order valence-electron chi connectivity index (χ4n) is 2.96. The summed E-state index contributed by atoms with van der Waals surface area (Å²) in [7, 11) is 1.76. The Kier molecular flexibility index (Phi) is 3.53. The number of aromatic nitrogens is 1. The third-order valence-electron chi connectivity index (χ3n) is 4.23. The number of hydrogen-bond acceptors (Lipinski definition) is 2. The minimum atomic E-state index is 0.946. The normalized spacial score (nSPS) is 16.4. The van der Waals surface area contributed by atoms with Crippen LogP contribution in [-0.2, 0) is 6.54 Å². The van der Waals surface area contributed by atoms with Crippen LogP contribution < -0.4 is 4.74 Å². The summed E-state index contributed by atoms with van der Waals surface area (Å²) in [4.78, 5) is 5.82. The molecule has 0 aliphatic carbocycles. The monoisotopic (exact) mass is 270 g/mol. The molecule has 1 aliphatic heterocycles. The highest BCUT2D eigenvalue weighted by molar-refractivity contribution is 5.88. The number of fused-ring (bicyclic) bond motifs is 1. The van der Waals surface area contributed by atoms with Crippen molar-refractivity contribution in [2.24, 2.45) is 0 Å². The molecule has 0 spiro atoms. The SMILES string of the molecule is COc1cc(C)c2[nH]ccc2c1CN1CC=C(C)CC1. The van der Waals surface area contributed by atoms with E-state index >= 15 is 0 Å². The van der Waals surface area contributed by atoms with Gasteiger partial charge in [-0.25, -0.2) is 0 Å². The van der Waals surface area contributed by atoms with Gasteiger partial charge < -0.3 is 9.72 Å². The zero-order valence-corrected chi connectivity index (χ0v) is 12.5. The minimum Gasteiger partial charge on any atom is -0.496 e. The van der Waals surface area contributed by atoms with Gasteiger partial charge >= 0.3 is 0 Å². The molecule has 1 aliphatic rings. The van der Waals surface area contributed by atoms with Crippen LogP contribution in [0.25, 0.3) is 10.9 Å². The summed E-state index contributed by atoms with van der Waals surface area (Å²) in [6, 6.07) is 4.30. The quantitative estimate of drug-likeness (QED) is 0.863. The summed E-state index contributed by atoms with van der Waals surface area (Å²) in [5, 5.41) is 1.29. The van der Waals surface area contributed by atoms with E-state index in [9.17, 15) is 0 Å². The van der Waals surface area contributed by atoms with Gasteiger partial charge in [0.1, 0.15) is 5.75 Å². The van der Waals surface area contributed by atoms with E-state index < -0.39 is 0 Å². The van der Waals surface area contributed by atoms with Crippen LogP contribution in [0, 0.1) is 6.92 Å². The summed E-state index contributed by atoms with van der Waals surface area (Å²) in [5.74, 6) is 1.00. The maximum absolute atomic E-state index is 5.61. The number of ether oxygens (including phenoxy) is 1. The Labute approximate surface area is 120 Å². The molecule has 0 amide bonds. The van der Waals surface area contributed by atoms with Crippen LogP contribution in [0.5, 0.6) is 5.75 Å². The van der Waals surface area contributed by atoms with Gasteiger partial charge in [0.2, 0.25) is 0 Å². The number of nitrogens with zero attached hydrogens (tertiary/aromatic N) is 1. The standard InChI is InChI=1S/C17H22N2O/c1-12-5-8-19(9-6-12)11-15-14-4-7-18-17(14)13(2)10-16(15)20-3/h4-5,7,10,18H,6,8-9,11H2,1-3H3. The van der Waals surface area contributed by atoms with Gasteiger partial charge in [-0.05, 0) is 38.0 Å². The van der Waals surface area contributed by atoms with Crippen LogP contribution in [-0.4, -0.2) is 30.1 Å². The average Bonchev–Trinajstić information content (AvgIpc) is 2.94.